The molecule has 1 saturated carbocycles. The number of aromatic nitrogens is 1. The van der Waals surface area contributed by atoms with Gasteiger partial charge in [0.15, 0.2) is 5.82 Å². The zero-order valence-electron chi connectivity index (χ0n) is 12.5. The highest BCUT2D eigenvalue weighted by atomic mass is 19.1. The topological polar surface area (TPSA) is 48.1 Å². The smallest absolute Gasteiger partial charge is 0.251 e. The van der Waals surface area contributed by atoms with Crippen LogP contribution in [0.5, 0.6) is 0 Å². The molecule has 0 amide bonds. The Labute approximate surface area is 128 Å². The molecule has 1 aliphatic carbocycles. The number of halogens is 1. The van der Waals surface area contributed by atoms with E-state index in [1.54, 1.807) is 0 Å². The molecule has 5 heteroatoms. The van der Waals surface area contributed by atoms with E-state index in [2.05, 4.69) is 15.2 Å². The van der Waals surface area contributed by atoms with Gasteiger partial charge in [0.25, 0.3) is 5.56 Å². The van der Waals surface area contributed by atoms with Crippen LogP contribution in [-0.2, 0) is 6.54 Å². The fourth-order valence-electron chi connectivity index (χ4n) is 3.23. The van der Waals surface area contributed by atoms with E-state index in [4.69, 9.17) is 0 Å². The molecule has 2 aliphatic rings. The summed E-state index contributed by atoms with van der Waals surface area (Å²) in [6, 6.07) is 5.65. The molecule has 4 nitrogen and oxygen atoms in total. The van der Waals surface area contributed by atoms with Crippen LogP contribution in [0.15, 0.2) is 23.0 Å². The van der Waals surface area contributed by atoms with Crippen LogP contribution in [0.4, 0.5) is 4.39 Å². The van der Waals surface area contributed by atoms with E-state index >= 15 is 0 Å². The van der Waals surface area contributed by atoms with Crippen LogP contribution in [0.1, 0.15) is 29.9 Å². The van der Waals surface area contributed by atoms with Gasteiger partial charge in [0, 0.05) is 49.2 Å². The second-order valence-corrected chi connectivity index (χ2v) is 6.36. The molecule has 1 aromatic carbocycles. The normalized spacial score (nSPS) is 19.7. The number of nitrogens with one attached hydrogen (secondary N) is 2. The summed E-state index contributed by atoms with van der Waals surface area (Å²) in [5.41, 5.74) is 1.68. The molecule has 2 aromatic rings. The minimum Gasteiger partial charge on any atom is -0.319 e. The first kappa shape index (κ1) is 13.9. The third-order valence-electron chi connectivity index (χ3n) is 4.69. The lowest BCUT2D eigenvalue weighted by molar-refractivity contribution is 0.230. The Morgan fingerprint density at radius 3 is 2.73 bits per heavy atom. The molecule has 0 bridgehead atoms. The summed E-state index contributed by atoms with van der Waals surface area (Å²) in [5, 5.41) is 4.09. The maximum absolute atomic E-state index is 14.7. The third-order valence-corrected chi connectivity index (χ3v) is 4.69. The number of aromatic amines is 1. The third kappa shape index (κ3) is 2.55. The molecule has 2 fully saturated rings. The summed E-state index contributed by atoms with van der Waals surface area (Å²) >= 11 is 0. The van der Waals surface area contributed by atoms with Crippen LogP contribution >= 0.6 is 0 Å². The predicted octanol–water partition coefficient (Wildman–Crippen LogP) is 1.95. The first-order chi connectivity index (χ1) is 10.7. The quantitative estimate of drug-likeness (QED) is 0.911. The summed E-state index contributed by atoms with van der Waals surface area (Å²) in [6.45, 7) is 4.33. The molecule has 4 rings (SSSR count). The molecular weight excluding hydrogens is 281 g/mol. The highest BCUT2D eigenvalue weighted by Gasteiger charge is 2.27. The summed E-state index contributed by atoms with van der Waals surface area (Å²) < 4.78 is 14.7. The maximum atomic E-state index is 14.7. The Bertz CT molecular complexity index is 760. The number of pyridine rings is 1. The van der Waals surface area contributed by atoms with Crippen molar-refractivity contribution in [3.05, 3.63) is 45.5 Å². The zero-order valence-corrected chi connectivity index (χ0v) is 12.5. The van der Waals surface area contributed by atoms with Crippen LogP contribution in [-0.4, -0.2) is 36.1 Å². The molecule has 0 atom stereocenters. The van der Waals surface area contributed by atoms with Crippen molar-refractivity contribution < 1.29 is 4.39 Å². The number of piperazine rings is 1. The van der Waals surface area contributed by atoms with E-state index in [0.29, 0.717) is 23.5 Å². The number of H-pyrrole nitrogens is 1. The SMILES string of the molecule is O=c1[nH]c2c(F)c(CN3CCNCC3)ccc2cc1C1CC1. The van der Waals surface area contributed by atoms with Crippen LogP contribution < -0.4 is 10.9 Å². The van der Waals surface area contributed by atoms with Gasteiger partial charge in [0.1, 0.15) is 0 Å². The van der Waals surface area contributed by atoms with Gasteiger partial charge in [0.05, 0.1) is 5.52 Å². The van der Waals surface area contributed by atoms with Crippen molar-refractivity contribution in [3.63, 3.8) is 0 Å². The first-order valence-corrected chi connectivity index (χ1v) is 8.00. The monoisotopic (exact) mass is 301 g/mol. The second kappa shape index (κ2) is 5.48. The molecule has 0 radical (unpaired) electrons. The first-order valence-electron chi connectivity index (χ1n) is 8.00. The number of nitrogens with zero attached hydrogens (tertiary/aromatic N) is 1. The number of benzene rings is 1. The zero-order chi connectivity index (χ0) is 15.1. The van der Waals surface area contributed by atoms with Gasteiger partial charge in [-0.3, -0.25) is 9.69 Å². The van der Waals surface area contributed by atoms with Crippen molar-refractivity contribution in [1.82, 2.24) is 15.2 Å². The van der Waals surface area contributed by atoms with Crippen molar-refractivity contribution in [1.29, 1.82) is 0 Å². The second-order valence-electron chi connectivity index (χ2n) is 6.36. The Morgan fingerprint density at radius 2 is 2.00 bits per heavy atom. The molecule has 0 unspecified atom stereocenters. The van der Waals surface area contributed by atoms with E-state index in [1.165, 1.54) is 0 Å². The van der Waals surface area contributed by atoms with Crippen LogP contribution in [0, 0.1) is 5.82 Å². The number of hydrogen-bond donors (Lipinski definition) is 2. The van der Waals surface area contributed by atoms with Crippen molar-refractivity contribution in [3.8, 4) is 0 Å². The van der Waals surface area contributed by atoms with E-state index in [-0.39, 0.29) is 11.4 Å². The number of fused-ring (bicyclic) bond motifs is 1. The predicted molar refractivity (Wildman–Crippen MR) is 84.6 cm³/mol. The molecule has 116 valence electrons. The average Bonchev–Trinajstić information content (AvgIpc) is 3.36. The van der Waals surface area contributed by atoms with Crippen molar-refractivity contribution >= 4 is 10.9 Å². The van der Waals surface area contributed by atoms with Gasteiger partial charge in [0.2, 0.25) is 0 Å². The van der Waals surface area contributed by atoms with Crippen LogP contribution in [0.2, 0.25) is 0 Å². The van der Waals surface area contributed by atoms with Gasteiger partial charge in [-0.15, -0.1) is 0 Å². The van der Waals surface area contributed by atoms with E-state index in [9.17, 15) is 9.18 Å². The van der Waals surface area contributed by atoms with Gasteiger partial charge in [-0.1, -0.05) is 12.1 Å². The van der Waals surface area contributed by atoms with Crippen molar-refractivity contribution in [2.24, 2.45) is 0 Å². The van der Waals surface area contributed by atoms with E-state index < -0.39 is 0 Å². The molecular formula is C17H20FN3O. The lowest BCUT2D eigenvalue weighted by Crippen LogP contribution is -2.43. The van der Waals surface area contributed by atoms with Crippen molar-refractivity contribution in [2.45, 2.75) is 25.3 Å². The van der Waals surface area contributed by atoms with Gasteiger partial charge in [-0.25, -0.2) is 4.39 Å². The Kier molecular flexibility index (Phi) is 3.47. The molecule has 2 N–H and O–H groups in total. The van der Waals surface area contributed by atoms with Crippen molar-refractivity contribution in [2.75, 3.05) is 26.2 Å². The lowest BCUT2D eigenvalue weighted by atomic mass is 10.1. The van der Waals surface area contributed by atoms with E-state index in [0.717, 1.165) is 50.0 Å². The summed E-state index contributed by atoms with van der Waals surface area (Å²) in [6.07, 6.45) is 2.14. The van der Waals surface area contributed by atoms with Gasteiger partial charge in [-0.2, -0.15) is 0 Å². The lowest BCUT2D eigenvalue weighted by Gasteiger charge is -2.27. The molecule has 1 aromatic heterocycles. The minimum absolute atomic E-state index is 0.131. The molecule has 2 heterocycles. The van der Waals surface area contributed by atoms with E-state index in [1.807, 2.05) is 18.2 Å². The Morgan fingerprint density at radius 1 is 1.23 bits per heavy atom. The molecule has 22 heavy (non-hydrogen) atoms. The fourth-order valence-corrected chi connectivity index (χ4v) is 3.23. The average molecular weight is 301 g/mol. The highest BCUT2D eigenvalue weighted by molar-refractivity contribution is 5.80. The fraction of sp³-hybridized carbons (Fsp3) is 0.471. The summed E-state index contributed by atoms with van der Waals surface area (Å²) in [5.74, 6) is 0.0900. The summed E-state index contributed by atoms with van der Waals surface area (Å²) in [4.78, 5) is 17.1. The summed E-state index contributed by atoms with van der Waals surface area (Å²) in [7, 11) is 0. The Hall–Kier alpha value is -1.72. The van der Waals surface area contributed by atoms with Gasteiger partial charge < -0.3 is 10.3 Å². The standard InChI is InChI=1S/C17H20FN3O/c18-15-13(10-21-7-5-19-6-8-21)4-3-12-9-14(11-1-2-11)17(22)20-16(12)15/h3-4,9,11,19H,1-2,5-8,10H2,(H,20,22). The molecule has 1 aliphatic heterocycles. The largest absolute Gasteiger partial charge is 0.319 e. The molecule has 1 saturated heterocycles. The Balaban J connectivity index is 1.70. The van der Waals surface area contributed by atoms with Crippen LogP contribution in [0.25, 0.3) is 10.9 Å². The number of hydrogen-bond acceptors (Lipinski definition) is 3. The van der Waals surface area contributed by atoms with Gasteiger partial charge in [-0.05, 0) is 24.8 Å². The van der Waals surface area contributed by atoms with Gasteiger partial charge >= 0.3 is 0 Å². The maximum Gasteiger partial charge on any atom is 0.251 e. The van der Waals surface area contributed by atoms with Crippen LogP contribution in [0.3, 0.4) is 0 Å². The minimum atomic E-state index is -0.282. The highest BCUT2D eigenvalue weighted by Crippen LogP contribution is 2.39. The molecule has 0 spiro atoms. The number of rotatable bonds is 3.